The summed E-state index contributed by atoms with van der Waals surface area (Å²) in [5.74, 6) is -0.0633. The van der Waals surface area contributed by atoms with Crippen molar-refractivity contribution in [2.24, 2.45) is 0 Å². The second-order valence-electron chi connectivity index (χ2n) is 5.96. The normalized spacial score (nSPS) is 13.3. The number of halogens is 1. The van der Waals surface area contributed by atoms with Gasteiger partial charge >= 0.3 is 0 Å². The van der Waals surface area contributed by atoms with Gasteiger partial charge in [-0.05, 0) is 50.5 Å². The van der Waals surface area contributed by atoms with Crippen LogP contribution >= 0.6 is 11.6 Å². The average Bonchev–Trinajstić information content (AvgIpc) is 2.58. The lowest BCUT2D eigenvalue weighted by Gasteiger charge is -2.18. The molecule has 2 atom stereocenters. The summed E-state index contributed by atoms with van der Waals surface area (Å²) in [4.78, 5) is 24.3. The van der Waals surface area contributed by atoms with E-state index < -0.39 is 12.1 Å². The van der Waals surface area contributed by atoms with Crippen LogP contribution in [-0.2, 0) is 16.0 Å². The maximum absolute atomic E-state index is 12.3. The van der Waals surface area contributed by atoms with Crippen LogP contribution < -0.4 is 15.4 Å². The first kappa shape index (κ1) is 22.0. The van der Waals surface area contributed by atoms with Crippen molar-refractivity contribution in [1.82, 2.24) is 10.6 Å². The van der Waals surface area contributed by atoms with Gasteiger partial charge in [-0.25, -0.2) is 0 Å². The summed E-state index contributed by atoms with van der Waals surface area (Å²) in [6.45, 7) is 3.98. The fraction of sp³-hybridized carbons (Fsp3) is 0.474. The molecule has 0 spiro atoms. The van der Waals surface area contributed by atoms with Gasteiger partial charge in [0, 0.05) is 13.0 Å². The second kappa shape index (κ2) is 11.5. The van der Waals surface area contributed by atoms with Crippen molar-refractivity contribution in [3.05, 3.63) is 40.9 Å². The first-order chi connectivity index (χ1) is 12.4. The maximum atomic E-state index is 12.3. The van der Waals surface area contributed by atoms with Crippen molar-refractivity contribution in [2.45, 2.75) is 45.3 Å². The van der Waals surface area contributed by atoms with Crippen molar-refractivity contribution >= 4 is 23.4 Å². The smallest absolute Gasteiger partial charge is 0.244 e. The molecule has 144 valence electrons. The number of allylic oxidation sites excluding steroid dienone is 1. The molecule has 0 aliphatic carbocycles. The van der Waals surface area contributed by atoms with Crippen LogP contribution in [0, 0.1) is 0 Å². The molecule has 0 radical (unpaired) electrons. The lowest BCUT2D eigenvalue weighted by Crippen LogP contribution is -2.47. The number of aliphatic hydroxyl groups is 1. The summed E-state index contributed by atoms with van der Waals surface area (Å²) in [5, 5.41) is 15.1. The van der Waals surface area contributed by atoms with Gasteiger partial charge in [0.1, 0.15) is 11.8 Å². The van der Waals surface area contributed by atoms with E-state index in [1.807, 2.05) is 13.0 Å². The summed E-state index contributed by atoms with van der Waals surface area (Å²) < 4.78 is 5.12. The maximum Gasteiger partial charge on any atom is 0.244 e. The molecule has 7 heteroatoms. The molecule has 0 saturated carbocycles. The van der Waals surface area contributed by atoms with Crippen molar-refractivity contribution in [3.63, 3.8) is 0 Å². The van der Waals surface area contributed by atoms with Gasteiger partial charge in [-0.15, -0.1) is 0 Å². The quantitative estimate of drug-likeness (QED) is 0.541. The van der Waals surface area contributed by atoms with Crippen LogP contribution in [0.4, 0.5) is 0 Å². The van der Waals surface area contributed by atoms with Crippen molar-refractivity contribution in [3.8, 4) is 5.75 Å². The highest BCUT2D eigenvalue weighted by molar-refractivity contribution is 6.32. The predicted molar refractivity (Wildman–Crippen MR) is 102 cm³/mol. The molecule has 1 aromatic carbocycles. The van der Waals surface area contributed by atoms with Gasteiger partial charge in [0.2, 0.25) is 11.8 Å². The van der Waals surface area contributed by atoms with Gasteiger partial charge in [-0.3, -0.25) is 9.59 Å². The highest BCUT2D eigenvalue weighted by atomic mass is 35.5. The molecule has 1 unspecified atom stereocenters. The van der Waals surface area contributed by atoms with E-state index in [2.05, 4.69) is 10.6 Å². The fourth-order valence-electron chi connectivity index (χ4n) is 2.33. The molecule has 0 aliphatic rings. The molecule has 0 bridgehead atoms. The minimum Gasteiger partial charge on any atom is -0.495 e. The SMILES string of the molecule is CCNC(=O)[C@@H](Cc1ccc(OC)c(Cl)c1)NC(=O)/C=C/CCC(C)O. The number of amides is 2. The number of methoxy groups -OCH3 is 1. The lowest BCUT2D eigenvalue weighted by atomic mass is 10.0. The molecular weight excluding hydrogens is 356 g/mol. The molecular formula is C19H27ClN2O4. The zero-order chi connectivity index (χ0) is 19.5. The number of ether oxygens (including phenoxy) is 1. The fourth-order valence-corrected chi connectivity index (χ4v) is 2.61. The molecule has 0 fully saturated rings. The Bertz CT molecular complexity index is 632. The van der Waals surface area contributed by atoms with Crippen LogP contribution in [-0.4, -0.2) is 42.7 Å². The predicted octanol–water partition coefficient (Wildman–Crippen LogP) is 2.23. The lowest BCUT2D eigenvalue weighted by molar-refractivity contribution is -0.127. The third kappa shape index (κ3) is 7.89. The minimum atomic E-state index is -0.715. The van der Waals surface area contributed by atoms with Gasteiger partial charge < -0.3 is 20.5 Å². The van der Waals surface area contributed by atoms with E-state index >= 15 is 0 Å². The number of carbonyl (C=O) groups is 2. The number of nitrogens with one attached hydrogen (secondary N) is 2. The van der Waals surface area contributed by atoms with Gasteiger partial charge in [-0.1, -0.05) is 23.7 Å². The Morgan fingerprint density at radius 2 is 2.12 bits per heavy atom. The molecule has 0 heterocycles. The van der Waals surface area contributed by atoms with Crippen molar-refractivity contribution in [2.75, 3.05) is 13.7 Å². The Balaban J connectivity index is 2.77. The monoisotopic (exact) mass is 382 g/mol. The minimum absolute atomic E-state index is 0.259. The Morgan fingerprint density at radius 1 is 1.38 bits per heavy atom. The van der Waals surface area contributed by atoms with Crippen LogP contribution in [0.5, 0.6) is 5.75 Å². The number of likely N-dealkylation sites (N-methyl/N-ethyl adjacent to an activating group) is 1. The van der Waals surface area contributed by atoms with E-state index in [1.54, 1.807) is 25.1 Å². The van der Waals surface area contributed by atoms with Crippen LogP contribution in [0.1, 0.15) is 32.3 Å². The number of hydrogen-bond acceptors (Lipinski definition) is 4. The molecule has 3 N–H and O–H groups in total. The summed E-state index contributed by atoms with van der Waals surface area (Å²) in [6, 6.07) is 4.54. The molecule has 0 saturated heterocycles. The Labute approximate surface area is 159 Å². The molecule has 26 heavy (non-hydrogen) atoms. The Hall–Kier alpha value is -2.05. The molecule has 1 rings (SSSR count). The third-order valence-corrected chi connectivity index (χ3v) is 3.96. The van der Waals surface area contributed by atoms with E-state index in [4.69, 9.17) is 16.3 Å². The Kier molecular flexibility index (Phi) is 9.76. The third-order valence-electron chi connectivity index (χ3n) is 3.66. The van der Waals surface area contributed by atoms with Crippen molar-refractivity contribution < 1.29 is 19.4 Å². The van der Waals surface area contributed by atoms with E-state index in [-0.39, 0.29) is 11.8 Å². The first-order valence-corrected chi connectivity index (χ1v) is 9.00. The largest absolute Gasteiger partial charge is 0.495 e. The number of carbonyl (C=O) groups excluding carboxylic acids is 2. The number of aliphatic hydroxyl groups excluding tert-OH is 1. The highest BCUT2D eigenvalue weighted by Gasteiger charge is 2.20. The van der Waals surface area contributed by atoms with Crippen LogP contribution in [0.15, 0.2) is 30.4 Å². The van der Waals surface area contributed by atoms with Gasteiger partial charge in [0.25, 0.3) is 0 Å². The standard InChI is InChI=1S/C19H27ClN2O4/c1-4-21-19(25)16(22-18(24)8-6-5-7-13(2)23)12-14-9-10-17(26-3)15(20)11-14/h6,8-11,13,16,23H,4-5,7,12H2,1-3H3,(H,21,25)(H,22,24)/b8-6+/t13?,16-/m1/s1. The van der Waals surface area contributed by atoms with Crippen molar-refractivity contribution in [1.29, 1.82) is 0 Å². The highest BCUT2D eigenvalue weighted by Crippen LogP contribution is 2.25. The van der Waals surface area contributed by atoms with Gasteiger partial charge in [-0.2, -0.15) is 0 Å². The molecule has 1 aromatic rings. The molecule has 6 nitrogen and oxygen atoms in total. The summed E-state index contributed by atoms with van der Waals surface area (Å²) in [6.07, 6.45) is 4.13. The van der Waals surface area contributed by atoms with Crippen LogP contribution in [0.2, 0.25) is 5.02 Å². The molecule has 2 amide bonds. The number of rotatable bonds is 10. The van der Waals surface area contributed by atoms with Gasteiger partial charge in [0.15, 0.2) is 0 Å². The summed E-state index contributed by atoms with van der Waals surface area (Å²) >= 11 is 6.12. The molecule has 0 aromatic heterocycles. The number of benzene rings is 1. The van der Waals surface area contributed by atoms with E-state index in [0.717, 1.165) is 5.56 Å². The van der Waals surface area contributed by atoms with E-state index in [9.17, 15) is 14.7 Å². The topological polar surface area (TPSA) is 87.7 Å². The Morgan fingerprint density at radius 3 is 2.69 bits per heavy atom. The first-order valence-electron chi connectivity index (χ1n) is 8.62. The van der Waals surface area contributed by atoms with Gasteiger partial charge in [0.05, 0.1) is 18.2 Å². The number of hydrogen-bond donors (Lipinski definition) is 3. The zero-order valence-electron chi connectivity index (χ0n) is 15.4. The van der Waals surface area contributed by atoms with E-state index in [0.29, 0.717) is 36.6 Å². The van der Waals surface area contributed by atoms with Crippen LogP contribution in [0.25, 0.3) is 0 Å². The summed E-state index contributed by atoms with van der Waals surface area (Å²) in [5.41, 5.74) is 0.811. The van der Waals surface area contributed by atoms with Crippen LogP contribution in [0.3, 0.4) is 0 Å². The average molecular weight is 383 g/mol. The zero-order valence-corrected chi connectivity index (χ0v) is 16.2. The summed E-state index contributed by atoms with van der Waals surface area (Å²) in [7, 11) is 1.53. The second-order valence-corrected chi connectivity index (χ2v) is 6.36. The molecule has 0 aliphatic heterocycles. The van der Waals surface area contributed by atoms with E-state index in [1.165, 1.54) is 13.2 Å².